The standard InChI is InChI=1S/C10H12N2O.C6H14/c1-7-3-4-9-8(5-7)6-12(2)10(13)11-9;1-3-5-6-4-2/h3-5H,6H2,1-2H3,(H,11,13);3-6H2,1-2H3. The summed E-state index contributed by atoms with van der Waals surface area (Å²) in [6.07, 6.45) is 5.54. The third-order valence-electron chi connectivity index (χ3n) is 3.21. The monoisotopic (exact) mass is 262 g/mol. The number of fused-ring (bicyclic) bond motifs is 1. The quantitative estimate of drug-likeness (QED) is 0.796. The van der Waals surface area contributed by atoms with E-state index in [9.17, 15) is 4.79 Å². The number of benzene rings is 1. The second kappa shape index (κ2) is 7.82. The van der Waals surface area contributed by atoms with Crippen molar-refractivity contribution in [2.24, 2.45) is 0 Å². The van der Waals surface area contributed by atoms with Gasteiger partial charge in [-0.15, -0.1) is 0 Å². The van der Waals surface area contributed by atoms with E-state index in [4.69, 9.17) is 0 Å². The van der Waals surface area contributed by atoms with Crippen LogP contribution in [0.3, 0.4) is 0 Å². The van der Waals surface area contributed by atoms with Gasteiger partial charge in [0.25, 0.3) is 0 Å². The summed E-state index contributed by atoms with van der Waals surface area (Å²) in [4.78, 5) is 12.9. The molecule has 0 aliphatic carbocycles. The van der Waals surface area contributed by atoms with Gasteiger partial charge >= 0.3 is 6.03 Å². The molecule has 19 heavy (non-hydrogen) atoms. The highest BCUT2D eigenvalue weighted by Gasteiger charge is 2.18. The molecule has 0 radical (unpaired) electrons. The fourth-order valence-electron chi connectivity index (χ4n) is 2.01. The number of rotatable bonds is 3. The van der Waals surface area contributed by atoms with Crippen molar-refractivity contribution in [2.45, 2.75) is 53.0 Å². The lowest BCUT2D eigenvalue weighted by Crippen LogP contribution is -2.35. The molecule has 0 aromatic heterocycles. The lowest BCUT2D eigenvalue weighted by atomic mass is 10.1. The number of carbonyl (C=O) groups is 1. The summed E-state index contributed by atoms with van der Waals surface area (Å²) >= 11 is 0. The number of nitrogens with one attached hydrogen (secondary N) is 1. The minimum absolute atomic E-state index is 0.0312. The van der Waals surface area contributed by atoms with E-state index in [2.05, 4.69) is 32.2 Å². The molecule has 3 nitrogen and oxygen atoms in total. The van der Waals surface area contributed by atoms with Crippen molar-refractivity contribution in [1.29, 1.82) is 0 Å². The molecule has 3 heteroatoms. The van der Waals surface area contributed by atoms with Crippen molar-refractivity contribution in [3.8, 4) is 0 Å². The zero-order valence-corrected chi connectivity index (χ0v) is 12.6. The number of anilines is 1. The molecular weight excluding hydrogens is 236 g/mol. The van der Waals surface area contributed by atoms with Crippen LogP contribution in [0.25, 0.3) is 0 Å². The zero-order valence-electron chi connectivity index (χ0n) is 12.6. The van der Waals surface area contributed by atoms with E-state index in [1.807, 2.05) is 12.1 Å². The fourth-order valence-corrected chi connectivity index (χ4v) is 2.01. The Bertz CT molecular complexity index is 411. The van der Waals surface area contributed by atoms with Gasteiger partial charge in [-0.2, -0.15) is 0 Å². The lowest BCUT2D eigenvalue weighted by Gasteiger charge is -2.26. The van der Waals surface area contributed by atoms with E-state index in [1.165, 1.54) is 36.8 Å². The maximum Gasteiger partial charge on any atom is 0.321 e. The van der Waals surface area contributed by atoms with Crippen LogP contribution in [0.15, 0.2) is 18.2 Å². The first kappa shape index (κ1) is 15.5. The Balaban J connectivity index is 0.000000258. The summed E-state index contributed by atoms with van der Waals surface area (Å²) in [7, 11) is 1.79. The normalized spacial score (nSPS) is 13.3. The molecule has 1 aromatic rings. The molecule has 0 fully saturated rings. The van der Waals surface area contributed by atoms with Crippen LogP contribution in [0.2, 0.25) is 0 Å². The van der Waals surface area contributed by atoms with Crippen molar-refractivity contribution < 1.29 is 4.79 Å². The largest absolute Gasteiger partial charge is 0.323 e. The van der Waals surface area contributed by atoms with Crippen LogP contribution in [0.1, 0.15) is 50.7 Å². The number of urea groups is 1. The zero-order chi connectivity index (χ0) is 14.3. The molecule has 1 aromatic carbocycles. The maximum absolute atomic E-state index is 11.3. The first-order chi connectivity index (χ1) is 9.08. The summed E-state index contributed by atoms with van der Waals surface area (Å²) in [6.45, 7) is 7.21. The van der Waals surface area contributed by atoms with Gasteiger partial charge in [0.1, 0.15) is 0 Å². The molecule has 0 saturated heterocycles. The molecular formula is C16H26N2O. The first-order valence-electron chi connectivity index (χ1n) is 7.20. The summed E-state index contributed by atoms with van der Waals surface area (Å²) in [5.74, 6) is 0. The van der Waals surface area contributed by atoms with E-state index in [-0.39, 0.29) is 6.03 Å². The summed E-state index contributed by atoms with van der Waals surface area (Å²) in [6, 6.07) is 6.03. The summed E-state index contributed by atoms with van der Waals surface area (Å²) in [5.41, 5.74) is 3.35. The minimum atomic E-state index is -0.0312. The molecule has 0 atom stereocenters. The second-order valence-corrected chi connectivity index (χ2v) is 5.15. The number of carbonyl (C=O) groups excluding carboxylic acids is 1. The molecule has 2 amide bonds. The van der Waals surface area contributed by atoms with E-state index in [0.717, 1.165) is 5.69 Å². The van der Waals surface area contributed by atoms with Crippen molar-refractivity contribution in [3.63, 3.8) is 0 Å². The SMILES string of the molecule is CCCCCC.Cc1ccc2c(c1)CN(C)C(=O)N2. The van der Waals surface area contributed by atoms with Gasteiger partial charge in [0.05, 0.1) is 0 Å². The molecule has 0 bridgehead atoms. The minimum Gasteiger partial charge on any atom is -0.323 e. The van der Waals surface area contributed by atoms with Gasteiger partial charge in [-0.1, -0.05) is 57.2 Å². The van der Waals surface area contributed by atoms with Gasteiger partial charge in [0.2, 0.25) is 0 Å². The van der Waals surface area contributed by atoms with Crippen LogP contribution in [0, 0.1) is 6.92 Å². The Morgan fingerprint density at radius 3 is 2.42 bits per heavy atom. The van der Waals surface area contributed by atoms with Crippen LogP contribution in [-0.4, -0.2) is 18.0 Å². The van der Waals surface area contributed by atoms with Crippen molar-refractivity contribution in [1.82, 2.24) is 4.90 Å². The van der Waals surface area contributed by atoms with Gasteiger partial charge in [0.15, 0.2) is 0 Å². The first-order valence-corrected chi connectivity index (χ1v) is 7.20. The number of nitrogens with zero attached hydrogens (tertiary/aromatic N) is 1. The average molecular weight is 262 g/mol. The van der Waals surface area contributed by atoms with E-state index in [0.29, 0.717) is 6.54 Å². The van der Waals surface area contributed by atoms with Crippen molar-refractivity contribution >= 4 is 11.7 Å². The number of hydrogen-bond donors (Lipinski definition) is 1. The average Bonchev–Trinajstić information content (AvgIpc) is 2.39. The van der Waals surface area contributed by atoms with Crippen LogP contribution >= 0.6 is 0 Å². The molecule has 1 heterocycles. The molecule has 2 rings (SSSR count). The highest BCUT2D eigenvalue weighted by Crippen LogP contribution is 2.22. The Labute approximate surface area is 117 Å². The lowest BCUT2D eigenvalue weighted by molar-refractivity contribution is 0.218. The maximum atomic E-state index is 11.3. The van der Waals surface area contributed by atoms with Gasteiger partial charge in [0, 0.05) is 19.3 Å². The number of aryl methyl sites for hydroxylation is 1. The predicted molar refractivity (Wildman–Crippen MR) is 81.5 cm³/mol. The number of hydrogen-bond acceptors (Lipinski definition) is 1. The van der Waals surface area contributed by atoms with Crippen molar-refractivity contribution in [2.75, 3.05) is 12.4 Å². The third kappa shape index (κ3) is 4.93. The molecule has 0 saturated carbocycles. The Hall–Kier alpha value is -1.51. The van der Waals surface area contributed by atoms with Crippen molar-refractivity contribution in [3.05, 3.63) is 29.3 Å². The highest BCUT2D eigenvalue weighted by molar-refractivity contribution is 5.92. The van der Waals surface area contributed by atoms with Gasteiger partial charge < -0.3 is 10.2 Å². The second-order valence-electron chi connectivity index (χ2n) is 5.15. The fraction of sp³-hybridized carbons (Fsp3) is 0.562. The van der Waals surface area contributed by atoms with Crippen LogP contribution in [0.4, 0.5) is 10.5 Å². The summed E-state index contributed by atoms with van der Waals surface area (Å²) < 4.78 is 0. The van der Waals surface area contributed by atoms with E-state index < -0.39 is 0 Å². The third-order valence-corrected chi connectivity index (χ3v) is 3.21. The van der Waals surface area contributed by atoms with Gasteiger partial charge in [-0.3, -0.25) is 0 Å². The van der Waals surface area contributed by atoms with E-state index in [1.54, 1.807) is 11.9 Å². The van der Waals surface area contributed by atoms with Crippen LogP contribution in [-0.2, 0) is 6.54 Å². The smallest absolute Gasteiger partial charge is 0.321 e. The predicted octanol–water partition coefficient (Wildman–Crippen LogP) is 4.56. The Morgan fingerprint density at radius 2 is 1.84 bits per heavy atom. The molecule has 1 aliphatic rings. The number of unbranched alkanes of at least 4 members (excludes halogenated alkanes) is 3. The van der Waals surface area contributed by atoms with Crippen LogP contribution < -0.4 is 5.32 Å². The van der Waals surface area contributed by atoms with E-state index >= 15 is 0 Å². The highest BCUT2D eigenvalue weighted by atomic mass is 16.2. The summed E-state index contributed by atoms with van der Waals surface area (Å²) in [5, 5.41) is 2.82. The van der Waals surface area contributed by atoms with Gasteiger partial charge in [-0.25, -0.2) is 4.79 Å². The molecule has 1 aliphatic heterocycles. The van der Waals surface area contributed by atoms with Crippen LogP contribution in [0.5, 0.6) is 0 Å². The topological polar surface area (TPSA) is 32.3 Å². The molecule has 0 unspecified atom stereocenters. The Kier molecular flexibility index (Phi) is 6.40. The number of amides is 2. The molecule has 106 valence electrons. The Morgan fingerprint density at radius 1 is 1.21 bits per heavy atom. The van der Waals surface area contributed by atoms with Gasteiger partial charge in [-0.05, 0) is 18.6 Å². The molecule has 1 N–H and O–H groups in total. The molecule has 0 spiro atoms.